The van der Waals surface area contributed by atoms with E-state index < -0.39 is 0 Å². The van der Waals surface area contributed by atoms with Crippen molar-refractivity contribution < 1.29 is 0 Å². The van der Waals surface area contributed by atoms with E-state index in [1.807, 2.05) is 0 Å². The Hall–Kier alpha value is 0.250. The maximum absolute atomic E-state index is 3.32. The van der Waals surface area contributed by atoms with Gasteiger partial charge in [-0.2, -0.15) is 0 Å². The van der Waals surface area contributed by atoms with Gasteiger partial charge in [0.05, 0.1) is 0 Å². The lowest BCUT2D eigenvalue weighted by molar-refractivity contribution is 0.664. The van der Waals surface area contributed by atoms with Gasteiger partial charge >= 0.3 is 0 Å². The number of nitrogens with one attached hydrogen (secondary N) is 1. The molecule has 1 rings (SSSR count). The molecule has 0 bridgehead atoms. The van der Waals surface area contributed by atoms with Crippen molar-refractivity contribution in [1.29, 1.82) is 0 Å². The van der Waals surface area contributed by atoms with Gasteiger partial charge in [0.1, 0.15) is 0 Å². The highest BCUT2D eigenvalue weighted by Gasteiger charge is 2.05. The fraction of sp³-hybridized carbons (Fsp3) is 1.00. The van der Waals surface area contributed by atoms with Crippen molar-refractivity contribution >= 4 is 12.4 Å². The van der Waals surface area contributed by atoms with Crippen LogP contribution in [0.2, 0.25) is 0 Å². The molecule has 1 fully saturated rings. The van der Waals surface area contributed by atoms with Crippen LogP contribution >= 0.6 is 12.4 Å². The molecule has 0 amide bonds. The van der Waals surface area contributed by atoms with Crippen LogP contribution in [0.25, 0.3) is 0 Å². The smallest absolute Gasteiger partial charge is 0.00391 e. The van der Waals surface area contributed by atoms with E-state index in [2.05, 4.69) is 12.2 Å². The largest absolute Gasteiger partial charge is 0.314 e. The first kappa shape index (κ1) is 7.25. The van der Waals surface area contributed by atoms with Gasteiger partial charge in [-0.15, -0.1) is 12.4 Å². The Balaban J connectivity index is 0.000000360. The maximum atomic E-state index is 3.32. The van der Waals surface area contributed by atoms with Gasteiger partial charge in [0.15, 0.2) is 0 Å². The summed E-state index contributed by atoms with van der Waals surface area (Å²) in [5, 5.41) is 3.32. The molecular weight excluding hydrogens is 110 g/mol. The van der Waals surface area contributed by atoms with Gasteiger partial charge in [0.2, 0.25) is 0 Å². The molecule has 7 heavy (non-hydrogen) atoms. The summed E-state index contributed by atoms with van der Waals surface area (Å²) in [4.78, 5) is 0. The summed E-state index contributed by atoms with van der Waals surface area (Å²) in [7, 11) is 0. The summed E-state index contributed by atoms with van der Waals surface area (Å²) in [5.74, 6) is 0. The first-order chi connectivity index (χ1) is 2.89. The van der Waals surface area contributed by atoms with Gasteiger partial charge in [-0.3, -0.25) is 0 Å². The quantitative estimate of drug-likeness (QED) is 0.508. The SMILES string of the molecule is C[C@H]1CCCN1.Cl. The third-order valence-electron chi connectivity index (χ3n) is 1.31. The summed E-state index contributed by atoms with van der Waals surface area (Å²) in [5.41, 5.74) is 0. The predicted molar refractivity (Wildman–Crippen MR) is 33.9 cm³/mol. The molecule has 1 heterocycles. The summed E-state index contributed by atoms with van der Waals surface area (Å²) in [6, 6.07) is 0.796. The lowest BCUT2D eigenvalue weighted by Crippen LogP contribution is -2.16. The van der Waals surface area contributed by atoms with Crippen molar-refractivity contribution in [2.45, 2.75) is 25.8 Å². The monoisotopic (exact) mass is 121 g/mol. The fourth-order valence-electron chi connectivity index (χ4n) is 0.859. The molecule has 0 aromatic rings. The second kappa shape index (κ2) is 3.28. The third-order valence-corrected chi connectivity index (χ3v) is 1.31. The van der Waals surface area contributed by atoms with Crippen molar-refractivity contribution in [3.8, 4) is 0 Å². The first-order valence-corrected chi connectivity index (χ1v) is 2.63. The minimum absolute atomic E-state index is 0. The van der Waals surface area contributed by atoms with Crippen LogP contribution < -0.4 is 5.32 Å². The van der Waals surface area contributed by atoms with Crippen LogP contribution in [0.3, 0.4) is 0 Å². The topological polar surface area (TPSA) is 12.0 Å². The van der Waals surface area contributed by atoms with Gasteiger partial charge in [-0.25, -0.2) is 0 Å². The number of rotatable bonds is 0. The highest BCUT2D eigenvalue weighted by atomic mass is 35.5. The van der Waals surface area contributed by atoms with E-state index in [0.29, 0.717) is 0 Å². The van der Waals surface area contributed by atoms with E-state index in [0.717, 1.165) is 6.04 Å². The maximum Gasteiger partial charge on any atom is 0.00391 e. The minimum atomic E-state index is 0. The second-order valence-electron chi connectivity index (χ2n) is 2.00. The van der Waals surface area contributed by atoms with E-state index in [1.54, 1.807) is 0 Å². The molecule has 1 aliphatic rings. The van der Waals surface area contributed by atoms with E-state index in [9.17, 15) is 0 Å². The van der Waals surface area contributed by atoms with E-state index in [-0.39, 0.29) is 12.4 Å². The molecule has 1 atom stereocenters. The molecule has 1 N–H and O–H groups in total. The standard InChI is InChI=1S/C5H11N.ClH/c1-5-3-2-4-6-5;/h5-6H,2-4H2,1H3;1H/t5-;/m0./s1. The molecular formula is C5H12ClN. The Morgan fingerprint density at radius 1 is 1.57 bits per heavy atom. The van der Waals surface area contributed by atoms with Crippen LogP contribution in [0.5, 0.6) is 0 Å². The zero-order valence-corrected chi connectivity index (χ0v) is 5.42. The van der Waals surface area contributed by atoms with Gasteiger partial charge < -0.3 is 5.32 Å². The molecule has 44 valence electrons. The molecule has 0 saturated carbocycles. The van der Waals surface area contributed by atoms with Crippen molar-refractivity contribution in [3.63, 3.8) is 0 Å². The van der Waals surface area contributed by atoms with Crippen molar-refractivity contribution in [2.75, 3.05) is 6.54 Å². The third kappa shape index (κ3) is 2.15. The molecule has 1 aliphatic heterocycles. The van der Waals surface area contributed by atoms with Gasteiger partial charge in [-0.05, 0) is 26.3 Å². The van der Waals surface area contributed by atoms with Crippen LogP contribution in [-0.4, -0.2) is 12.6 Å². The highest BCUT2D eigenvalue weighted by Crippen LogP contribution is 2.01. The molecule has 0 aliphatic carbocycles. The Morgan fingerprint density at radius 3 is 2.43 bits per heavy atom. The summed E-state index contributed by atoms with van der Waals surface area (Å²) in [6.45, 7) is 3.47. The Bertz CT molecular complexity index is 41.3. The lowest BCUT2D eigenvalue weighted by Gasteiger charge is -1.95. The number of hydrogen-bond acceptors (Lipinski definition) is 1. The summed E-state index contributed by atoms with van der Waals surface area (Å²) >= 11 is 0. The molecule has 1 nitrogen and oxygen atoms in total. The molecule has 0 radical (unpaired) electrons. The van der Waals surface area contributed by atoms with Crippen molar-refractivity contribution in [1.82, 2.24) is 5.32 Å². The molecule has 0 unspecified atom stereocenters. The Kier molecular flexibility index (Phi) is 3.39. The summed E-state index contributed by atoms with van der Waals surface area (Å²) in [6.07, 6.45) is 2.75. The zero-order chi connectivity index (χ0) is 4.41. The summed E-state index contributed by atoms with van der Waals surface area (Å²) < 4.78 is 0. The van der Waals surface area contributed by atoms with Crippen LogP contribution in [0.4, 0.5) is 0 Å². The number of hydrogen-bond donors (Lipinski definition) is 1. The average Bonchev–Trinajstić information content (AvgIpc) is 1.86. The average molecular weight is 122 g/mol. The zero-order valence-electron chi connectivity index (χ0n) is 4.61. The number of halogens is 1. The van der Waals surface area contributed by atoms with Gasteiger partial charge in [0, 0.05) is 6.04 Å². The molecule has 2 heteroatoms. The van der Waals surface area contributed by atoms with E-state index in [4.69, 9.17) is 0 Å². The van der Waals surface area contributed by atoms with E-state index >= 15 is 0 Å². The van der Waals surface area contributed by atoms with Crippen LogP contribution in [0.1, 0.15) is 19.8 Å². The van der Waals surface area contributed by atoms with Crippen molar-refractivity contribution in [2.24, 2.45) is 0 Å². The highest BCUT2D eigenvalue weighted by molar-refractivity contribution is 5.85. The fourth-order valence-corrected chi connectivity index (χ4v) is 0.859. The second-order valence-corrected chi connectivity index (χ2v) is 2.00. The molecule has 0 aromatic carbocycles. The Morgan fingerprint density at radius 2 is 2.29 bits per heavy atom. The minimum Gasteiger partial charge on any atom is -0.314 e. The Labute approximate surface area is 50.9 Å². The van der Waals surface area contributed by atoms with E-state index in [1.165, 1.54) is 19.4 Å². The molecule has 0 spiro atoms. The predicted octanol–water partition coefficient (Wildman–Crippen LogP) is 1.18. The van der Waals surface area contributed by atoms with Crippen molar-refractivity contribution in [3.05, 3.63) is 0 Å². The lowest BCUT2D eigenvalue weighted by atomic mass is 10.3. The van der Waals surface area contributed by atoms with Crippen LogP contribution in [-0.2, 0) is 0 Å². The van der Waals surface area contributed by atoms with Gasteiger partial charge in [-0.1, -0.05) is 0 Å². The normalized spacial score (nSPS) is 29.6. The van der Waals surface area contributed by atoms with Gasteiger partial charge in [0.25, 0.3) is 0 Å². The molecule has 1 saturated heterocycles. The molecule has 0 aromatic heterocycles. The first-order valence-electron chi connectivity index (χ1n) is 2.63. The van der Waals surface area contributed by atoms with Crippen LogP contribution in [0, 0.1) is 0 Å². The van der Waals surface area contributed by atoms with Crippen LogP contribution in [0.15, 0.2) is 0 Å².